The number of aromatic nitrogens is 2. The first-order valence-electron chi connectivity index (χ1n) is 6.75. The molecule has 2 amide bonds. The van der Waals surface area contributed by atoms with Crippen LogP contribution in [0.3, 0.4) is 0 Å². The average molecular weight is 337 g/mol. The second kappa shape index (κ2) is 5.25. The van der Waals surface area contributed by atoms with E-state index in [1.165, 1.54) is 12.1 Å². The lowest BCUT2D eigenvalue weighted by molar-refractivity contribution is 0.0705. The van der Waals surface area contributed by atoms with Gasteiger partial charge in [-0.25, -0.2) is 13.6 Å². The van der Waals surface area contributed by atoms with Crippen LogP contribution in [-0.2, 0) is 23.1 Å². The molecule has 122 valence electrons. The largest absolute Gasteiger partial charge is 0.366 e. The number of carbonyl (C=O) groups is 2. The molecule has 0 aliphatic carbocycles. The maximum absolute atomic E-state index is 12.4. The van der Waals surface area contributed by atoms with Crippen molar-refractivity contribution in [3.63, 3.8) is 0 Å². The van der Waals surface area contributed by atoms with Gasteiger partial charge in [0.05, 0.1) is 12.1 Å². The molecule has 0 unspecified atom stereocenters. The first-order chi connectivity index (χ1) is 10.8. The number of primary sulfonamides is 1. The van der Waals surface area contributed by atoms with Gasteiger partial charge in [0.2, 0.25) is 5.91 Å². The SMILES string of the molecule is NC(=O)c1cc2n(c1)CCN(C(=O)c1ccc(S(N)(=O)=O)[nH]1)C2. The molecule has 0 aromatic carbocycles. The number of nitrogens with one attached hydrogen (secondary N) is 1. The molecule has 0 saturated heterocycles. The highest BCUT2D eigenvalue weighted by molar-refractivity contribution is 7.89. The smallest absolute Gasteiger partial charge is 0.270 e. The zero-order valence-corrected chi connectivity index (χ0v) is 12.8. The Kier molecular flexibility index (Phi) is 3.49. The van der Waals surface area contributed by atoms with Gasteiger partial charge >= 0.3 is 0 Å². The van der Waals surface area contributed by atoms with Crippen molar-refractivity contribution in [1.29, 1.82) is 0 Å². The molecule has 3 rings (SSSR count). The number of H-pyrrole nitrogens is 1. The predicted octanol–water partition coefficient (Wildman–Crippen LogP) is -0.781. The Balaban J connectivity index is 1.81. The predicted molar refractivity (Wildman–Crippen MR) is 79.9 cm³/mol. The van der Waals surface area contributed by atoms with E-state index in [9.17, 15) is 18.0 Å². The number of hydrogen-bond acceptors (Lipinski definition) is 4. The summed E-state index contributed by atoms with van der Waals surface area (Å²) in [6.45, 7) is 1.26. The summed E-state index contributed by atoms with van der Waals surface area (Å²) in [6.07, 6.45) is 1.66. The molecule has 9 nitrogen and oxygen atoms in total. The van der Waals surface area contributed by atoms with E-state index < -0.39 is 15.9 Å². The van der Waals surface area contributed by atoms with Gasteiger partial charge in [-0.3, -0.25) is 9.59 Å². The fourth-order valence-electron chi connectivity index (χ4n) is 2.54. The van der Waals surface area contributed by atoms with E-state index in [0.29, 0.717) is 25.2 Å². The van der Waals surface area contributed by atoms with Crippen molar-refractivity contribution in [3.8, 4) is 0 Å². The number of carbonyl (C=O) groups excluding carboxylic acids is 2. The highest BCUT2D eigenvalue weighted by Gasteiger charge is 2.24. The van der Waals surface area contributed by atoms with Crippen LogP contribution in [0, 0.1) is 0 Å². The molecular formula is C13H15N5O4S. The van der Waals surface area contributed by atoms with Gasteiger partial charge in [0.15, 0.2) is 0 Å². The number of sulfonamides is 1. The van der Waals surface area contributed by atoms with Crippen molar-refractivity contribution in [2.24, 2.45) is 10.9 Å². The number of rotatable bonds is 3. The van der Waals surface area contributed by atoms with E-state index in [2.05, 4.69) is 4.98 Å². The van der Waals surface area contributed by atoms with E-state index in [-0.39, 0.29) is 16.6 Å². The molecule has 2 aromatic heterocycles. The maximum atomic E-state index is 12.4. The van der Waals surface area contributed by atoms with Gasteiger partial charge in [-0.1, -0.05) is 0 Å². The first-order valence-corrected chi connectivity index (χ1v) is 8.30. The van der Waals surface area contributed by atoms with E-state index in [4.69, 9.17) is 10.9 Å². The Hall–Kier alpha value is -2.59. The summed E-state index contributed by atoms with van der Waals surface area (Å²) in [7, 11) is -3.88. The van der Waals surface area contributed by atoms with Crippen molar-refractivity contribution < 1.29 is 18.0 Å². The standard InChI is InChI=1S/C13H15N5O4S/c14-12(19)8-5-9-7-18(4-3-17(9)6-8)13(20)10-1-2-11(16-10)23(15,21)22/h1-2,5-6,16H,3-4,7H2,(H2,14,19)(H2,15,21,22). The van der Waals surface area contributed by atoms with Gasteiger partial charge in [0.1, 0.15) is 10.7 Å². The average Bonchev–Trinajstić information content (AvgIpc) is 3.12. The van der Waals surface area contributed by atoms with Crippen molar-refractivity contribution in [2.45, 2.75) is 18.1 Å². The highest BCUT2D eigenvalue weighted by atomic mass is 32.2. The zero-order chi connectivity index (χ0) is 16.8. The Morgan fingerprint density at radius 3 is 2.57 bits per heavy atom. The quantitative estimate of drug-likeness (QED) is 0.674. The molecule has 1 aliphatic heterocycles. The number of hydrogen-bond donors (Lipinski definition) is 3. The van der Waals surface area contributed by atoms with Crippen LogP contribution in [0.25, 0.3) is 0 Å². The highest BCUT2D eigenvalue weighted by Crippen LogP contribution is 2.18. The van der Waals surface area contributed by atoms with E-state index >= 15 is 0 Å². The minimum atomic E-state index is -3.88. The van der Waals surface area contributed by atoms with Gasteiger partial charge in [-0.2, -0.15) is 0 Å². The summed E-state index contributed by atoms with van der Waals surface area (Å²) in [5.74, 6) is -0.861. The molecule has 10 heteroatoms. The van der Waals surface area contributed by atoms with Crippen LogP contribution in [0.1, 0.15) is 26.5 Å². The minimum Gasteiger partial charge on any atom is -0.366 e. The van der Waals surface area contributed by atoms with Crippen molar-refractivity contribution in [2.75, 3.05) is 6.54 Å². The monoisotopic (exact) mass is 337 g/mol. The lowest BCUT2D eigenvalue weighted by atomic mass is 10.2. The summed E-state index contributed by atoms with van der Waals surface area (Å²) in [4.78, 5) is 27.7. The molecule has 0 spiro atoms. The van der Waals surface area contributed by atoms with Crippen LogP contribution in [0.4, 0.5) is 0 Å². The summed E-state index contributed by atoms with van der Waals surface area (Å²) in [5, 5.41) is 4.80. The van der Waals surface area contributed by atoms with Crippen LogP contribution in [0.5, 0.6) is 0 Å². The second-order valence-electron chi connectivity index (χ2n) is 5.29. The van der Waals surface area contributed by atoms with Gasteiger partial charge in [0.25, 0.3) is 15.9 Å². The van der Waals surface area contributed by atoms with E-state index in [1.54, 1.807) is 17.2 Å². The van der Waals surface area contributed by atoms with E-state index in [0.717, 1.165) is 5.69 Å². The molecule has 0 bridgehead atoms. The van der Waals surface area contributed by atoms with Crippen molar-refractivity contribution in [3.05, 3.63) is 41.3 Å². The Bertz CT molecular complexity index is 895. The van der Waals surface area contributed by atoms with Gasteiger partial charge < -0.3 is 20.2 Å². The van der Waals surface area contributed by atoms with Crippen molar-refractivity contribution >= 4 is 21.8 Å². The van der Waals surface area contributed by atoms with Gasteiger partial charge in [-0.05, 0) is 18.2 Å². The maximum Gasteiger partial charge on any atom is 0.270 e. The Labute approximate surface area is 131 Å². The number of primary amides is 1. The molecule has 2 aromatic rings. The number of nitrogens with two attached hydrogens (primary N) is 2. The lowest BCUT2D eigenvalue weighted by Crippen LogP contribution is -2.38. The first kappa shape index (κ1) is 15.3. The zero-order valence-electron chi connectivity index (χ0n) is 12.0. The normalized spacial score (nSPS) is 14.6. The van der Waals surface area contributed by atoms with Crippen LogP contribution >= 0.6 is 0 Å². The van der Waals surface area contributed by atoms with Crippen LogP contribution in [0.15, 0.2) is 29.4 Å². The fourth-order valence-corrected chi connectivity index (χ4v) is 3.05. The van der Waals surface area contributed by atoms with Gasteiger partial charge in [0, 0.05) is 25.0 Å². The third-order valence-corrected chi connectivity index (χ3v) is 4.57. The minimum absolute atomic E-state index is 0.143. The third-order valence-electron chi connectivity index (χ3n) is 3.72. The molecule has 23 heavy (non-hydrogen) atoms. The summed E-state index contributed by atoms with van der Waals surface area (Å²) < 4.78 is 24.4. The number of amides is 2. The Morgan fingerprint density at radius 1 is 1.22 bits per heavy atom. The summed E-state index contributed by atoms with van der Waals surface area (Å²) in [6, 6.07) is 4.28. The van der Waals surface area contributed by atoms with Crippen LogP contribution < -0.4 is 10.9 Å². The molecule has 3 heterocycles. The molecule has 5 N–H and O–H groups in total. The number of nitrogens with zero attached hydrogens (tertiary/aromatic N) is 2. The molecule has 0 saturated carbocycles. The number of fused-ring (bicyclic) bond motifs is 1. The molecular weight excluding hydrogens is 322 g/mol. The molecule has 0 atom stereocenters. The van der Waals surface area contributed by atoms with Crippen LogP contribution in [0.2, 0.25) is 0 Å². The van der Waals surface area contributed by atoms with Gasteiger partial charge in [-0.15, -0.1) is 0 Å². The fraction of sp³-hybridized carbons (Fsp3) is 0.231. The molecule has 0 fully saturated rings. The van der Waals surface area contributed by atoms with Crippen molar-refractivity contribution in [1.82, 2.24) is 14.5 Å². The number of aromatic amines is 1. The summed E-state index contributed by atoms with van der Waals surface area (Å²) >= 11 is 0. The topological polar surface area (TPSA) is 144 Å². The van der Waals surface area contributed by atoms with Crippen LogP contribution in [-0.4, -0.2) is 41.2 Å². The second-order valence-corrected chi connectivity index (χ2v) is 6.82. The lowest BCUT2D eigenvalue weighted by Gasteiger charge is -2.28. The molecule has 0 radical (unpaired) electrons. The third kappa shape index (κ3) is 2.85. The summed E-state index contributed by atoms with van der Waals surface area (Å²) in [5.41, 5.74) is 6.57. The molecule has 1 aliphatic rings. The Morgan fingerprint density at radius 2 is 1.96 bits per heavy atom. The van der Waals surface area contributed by atoms with E-state index in [1.807, 2.05) is 4.57 Å².